The van der Waals surface area contributed by atoms with Gasteiger partial charge >= 0.3 is 0 Å². The lowest BCUT2D eigenvalue weighted by molar-refractivity contribution is -0.112. The zero-order chi connectivity index (χ0) is 17.1. The minimum absolute atomic E-state index is 0.291. The molecule has 0 bridgehead atoms. The van der Waals surface area contributed by atoms with Gasteiger partial charge in [0.25, 0.3) is 11.7 Å². The first-order valence-electron chi connectivity index (χ1n) is 7.17. The summed E-state index contributed by atoms with van der Waals surface area (Å²) >= 11 is 1.18. The van der Waals surface area contributed by atoms with Crippen LogP contribution in [0.4, 0.5) is 9.52 Å². The van der Waals surface area contributed by atoms with E-state index in [-0.39, 0.29) is 5.82 Å². The van der Waals surface area contributed by atoms with Crippen LogP contribution in [0.1, 0.15) is 15.9 Å². The number of halogens is 1. The van der Waals surface area contributed by atoms with Gasteiger partial charge in [0.2, 0.25) is 0 Å². The van der Waals surface area contributed by atoms with Crippen molar-refractivity contribution in [1.82, 2.24) is 4.98 Å². The Balaban J connectivity index is 1.73. The third-order valence-corrected chi connectivity index (χ3v) is 4.12. The summed E-state index contributed by atoms with van der Waals surface area (Å²) in [5.74, 6) is -1.74. The number of hydrogen-bond acceptors (Lipinski definition) is 4. The number of carbonyl (C=O) groups excluding carboxylic acids is 2. The lowest BCUT2D eigenvalue weighted by Crippen LogP contribution is -2.22. The molecule has 1 N–H and O–H groups in total. The monoisotopic (exact) mass is 340 g/mol. The number of rotatable bonds is 4. The van der Waals surface area contributed by atoms with Gasteiger partial charge in [0.05, 0.1) is 5.69 Å². The number of benzene rings is 2. The largest absolute Gasteiger partial charge is 0.298 e. The quantitative estimate of drug-likeness (QED) is 0.575. The Morgan fingerprint density at radius 2 is 1.88 bits per heavy atom. The Bertz CT molecular complexity index is 903. The van der Waals surface area contributed by atoms with Crippen molar-refractivity contribution < 1.29 is 14.0 Å². The van der Waals surface area contributed by atoms with Crippen LogP contribution in [0.25, 0.3) is 11.3 Å². The molecule has 1 aromatic heterocycles. The molecular formula is C18H13FN2O2S. The van der Waals surface area contributed by atoms with E-state index < -0.39 is 11.7 Å². The van der Waals surface area contributed by atoms with Crippen LogP contribution in [0.2, 0.25) is 0 Å². The second kappa shape index (κ2) is 6.72. The van der Waals surface area contributed by atoms with E-state index in [0.29, 0.717) is 22.0 Å². The normalized spacial score (nSPS) is 10.4. The SMILES string of the molecule is Cc1ccc(C(=O)C(=O)Nc2nc(-c3cccc(F)c3)cs2)cc1. The number of hydrogen-bond donors (Lipinski definition) is 1. The molecule has 3 aromatic rings. The molecule has 120 valence electrons. The van der Waals surface area contributed by atoms with Crippen molar-refractivity contribution in [1.29, 1.82) is 0 Å². The Labute approximate surface area is 142 Å². The van der Waals surface area contributed by atoms with E-state index in [9.17, 15) is 14.0 Å². The van der Waals surface area contributed by atoms with Crippen molar-refractivity contribution in [2.45, 2.75) is 6.92 Å². The minimum Gasteiger partial charge on any atom is -0.295 e. The smallest absolute Gasteiger partial charge is 0.295 e. The molecule has 1 amide bonds. The average molecular weight is 340 g/mol. The number of nitrogens with one attached hydrogen (secondary N) is 1. The van der Waals surface area contributed by atoms with Crippen molar-refractivity contribution in [3.05, 3.63) is 70.9 Å². The van der Waals surface area contributed by atoms with E-state index in [2.05, 4.69) is 10.3 Å². The van der Waals surface area contributed by atoms with E-state index in [1.807, 2.05) is 6.92 Å². The van der Waals surface area contributed by atoms with Gasteiger partial charge in [0, 0.05) is 16.5 Å². The Morgan fingerprint density at radius 1 is 1.12 bits per heavy atom. The predicted molar refractivity (Wildman–Crippen MR) is 91.6 cm³/mol. The molecule has 0 atom stereocenters. The number of ketones is 1. The molecular weight excluding hydrogens is 327 g/mol. The molecule has 0 spiro atoms. The predicted octanol–water partition coefficient (Wildman–Crippen LogP) is 4.08. The summed E-state index contributed by atoms with van der Waals surface area (Å²) in [6, 6.07) is 12.8. The van der Waals surface area contributed by atoms with Crippen molar-refractivity contribution in [3.8, 4) is 11.3 Å². The summed E-state index contributed by atoms with van der Waals surface area (Å²) in [6.07, 6.45) is 0. The maximum atomic E-state index is 13.3. The first-order chi connectivity index (χ1) is 11.5. The molecule has 24 heavy (non-hydrogen) atoms. The number of nitrogens with zero attached hydrogens (tertiary/aromatic N) is 1. The zero-order valence-electron chi connectivity index (χ0n) is 12.7. The summed E-state index contributed by atoms with van der Waals surface area (Å²) in [4.78, 5) is 28.4. The molecule has 4 nitrogen and oxygen atoms in total. The third kappa shape index (κ3) is 3.55. The van der Waals surface area contributed by atoms with Crippen LogP contribution in [0.15, 0.2) is 53.9 Å². The van der Waals surface area contributed by atoms with Crippen LogP contribution >= 0.6 is 11.3 Å². The van der Waals surface area contributed by atoms with Crippen molar-refractivity contribution in [2.75, 3.05) is 5.32 Å². The van der Waals surface area contributed by atoms with Gasteiger partial charge in [0.1, 0.15) is 5.82 Å². The molecule has 0 fully saturated rings. The van der Waals surface area contributed by atoms with Crippen LogP contribution in [0.3, 0.4) is 0 Å². The standard InChI is InChI=1S/C18H13FN2O2S/c1-11-5-7-12(8-6-11)16(22)17(23)21-18-20-15(10-24-18)13-3-2-4-14(19)9-13/h2-10H,1H3,(H,20,21,23). The van der Waals surface area contributed by atoms with E-state index in [1.165, 1.54) is 23.5 Å². The molecule has 0 radical (unpaired) electrons. The van der Waals surface area contributed by atoms with E-state index in [0.717, 1.165) is 5.56 Å². The minimum atomic E-state index is -0.751. The Morgan fingerprint density at radius 3 is 2.58 bits per heavy atom. The van der Waals surface area contributed by atoms with E-state index >= 15 is 0 Å². The molecule has 2 aromatic carbocycles. The lowest BCUT2D eigenvalue weighted by atomic mass is 10.1. The topological polar surface area (TPSA) is 59.1 Å². The van der Waals surface area contributed by atoms with Crippen LogP contribution in [0.5, 0.6) is 0 Å². The first kappa shape index (κ1) is 16.0. The Hall–Kier alpha value is -2.86. The van der Waals surface area contributed by atoms with Gasteiger partial charge in [-0.15, -0.1) is 11.3 Å². The summed E-state index contributed by atoms with van der Waals surface area (Å²) in [5.41, 5.74) is 2.47. The second-order valence-electron chi connectivity index (χ2n) is 5.20. The van der Waals surface area contributed by atoms with Crippen LogP contribution in [-0.2, 0) is 4.79 Å². The first-order valence-corrected chi connectivity index (χ1v) is 8.05. The molecule has 0 saturated heterocycles. The van der Waals surface area contributed by atoms with Crippen LogP contribution in [0, 0.1) is 12.7 Å². The third-order valence-electron chi connectivity index (χ3n) is 3.37. The molecule has 0 aliphatic heterocycles. The maximum Gasteiger partial charge on any atom is 0.298 e. The highest BCUT2D eigenvalue weighted by Gasteiger charge is 2.17. The zero-order valence-corrected chi connectivity index (χ0v) is 13.6. The molecule has 1 heterocycles. The number of thiazole rings is 1. The van der Waals surface area contributed by atoms with Crippen molar-refractivity contribution >= 4 is 28.2 Å². The number of Topliss-reactive ketones (excluding diaryl/α,β-unsaturated/α-hetero) is 1. The number of amides is 1. The summed E-state index contributed by atoms with van der Waals surface area (Å²) in [6.45, 7) is 1.90. The fraction of sp³-hybridized carbons (Fsp3) is 0.0556. The van der Waals surface area contributed by atoms with Gasteiger partial charge in [-0.05, 0) is 19.1 Å². The fourth-order valence-electron chi connectivity index (χ4n) is 2.10. The second-order valence-corrected chi connectivity index (χ2v) is 6.06. The summed E-state index contributed by atoms with van der Waals surface area (Å²) in [5, 5.41) is 4.47. The number of aromatic nitrogens is 1. The molecule has 0 saturated carbocycles. The number of carbonyl (C=O) groups is 2. The van der Waals surface area contributed by atoms with Gasteiger partial charge in [-0.25, -0.2) is 9.37 Å². The van der Waals surface area contributed by atoms with Gasteiger partial charge < -0.3 is 0 Å². The van der Waals surface area contributed by atoms with E-state index in [4.69, 9.17) is 0 Å². The average Bonchev–Trinajstić information content (AvgIpc) is 3.03. The van der Waals surface area contributed by atoms with Gasteiger partial charge in [-0.2, -0.15) is 0 Å². The van der Waals surface area contributed by atoms with E-state index in [1.54, 1.807) is 41.8 Å². The van der Waals surface area contributed by atoms with Gasteiger partial charge in [-0.3, -0.25) is 14.9 Å². The summed E-state index contributed by atoms with van der Waals surface area (Å²) < 4.78 is 13.3. The fourth-order valence-corrected chi connectivity index (χ4v) is 2.82. The van der Waals surface area contributed by atoms with Crippen molar-refractivity contribution in [3.63, 3.8) is 0 Å². The van der Waals surface area contributed by atoms with Crippen LogP contribution in [-0.4, -0.2) is 16.7 Å². The summed E-state index contributed by atoms with van der Waals surface area (Å²) in [7, 11) is 0. The molecule has 0 unspecified atom stereocenters. The molecule has 3 rings (SSSR count). The number of aryl methyl sites for hydroxylation is 1. The number of anilines is 1. The lowest BCUT2D eigenvalue weighted by Gasteiger charge is -2.02. The maximum absolute atomic E-state index is 13.3. The molecule has 0 aliphatic carbocycles. The van der Waals surface area contributed by atoms with Gasteiger partial charge in [0.15, 0.2) is 5.13 Å². The van der Waals surface area contributed by atoms with Crippen LogP contribution < -0.4 is 5.32 Å². The van der Waals surface area contributed by atoms with Crippen molar-refractivity contribution in [2.24, 2.45) is 0 Å². The highest BCUT2D eigenvalue weighted by atomic mass is 32.1. The Kier molecular flexibility index (Phi) is 4.48. The van der Waals surface area contributed by atoms with Gasteiger partial charge in [-0.1, -0.05) is 42.0 Å². The highest BCUT2D eigenvalue weighted by molar-refractivity contribution is 7.14. The molecule has 0 aliphatic rings. The highest BCUT2D eigenvalue weighted by Crippen LogP contribution is 2.25. The molecule has 6 heteroatoms.